The van der Waals surface area contributed by atoms with E-state index in [2.05, 4.69) is 27.9 Å². The number of carbonyl (C=O) groups is 1. The third-order valence-electron chi connectivity index (χ3n) is 3.06. The van der Waals surface area contributed by atoms with Gasteiger partial charge < -0.3 is 5.32 Å². The van der Waals surface area contributed by atoms with E-state index >= 15 is 0 Å². The van der Waals surface area contributed by atoms with Crippen LogP contribution >= 0.6 is 22.6 Å². The standard InChI is InChI=1S/C16H16INO/c1-2-13(12-8-4-3-5-9-12)16(19)18-15-11-7-6-10-14(15)17/h3-11,13H,2H2,1H3,(H,18,19)/t13-/m0/s1. The second-order valence-corrected chi connectivity index (χ2v) is 5.50. The van der Waals surface area contributed by atoms with E-state index in [1.54, 1.807) is 0 Å². The molecule has 0 bridgehead atoms. The lowest BCUT2D eigenvalue weighted by Gasteiger charge is -2.16. The highest BCUT2D eigenvalue weighted by Gasteiger charge is 2.18. The summed E-state index contributed by atoms with van der Waals surface area (Å²) in [5, 5.41) is 3.01. The summed E-state index contributed by atoms with van der Waals surface area (Å²) in [7, 11) is 0. The molecule has 1 amide bonds. The lowest BCUT2D eigenvalue weighted by molar-refractivity contribution is -0.117. The molecule has 2 aromatic carbocycles. The number of hydrogen-bond acceptors (Lipinski definition) is 1. The largest absolute Gasteiger partial charge is 0.325 e. The van der Waals surface area contributed by atoms with E-state index in [9.17, 15) is 4.79 Å². The highest BCUT2D eigenvalue weighted by atomic mass is 127. The first-order valence-electron chi connectivity index (χ1n) is 6.32. The minimum atomic E-state index is -0.0998. The normalized spacial score (nSPS) is 11.9. The molecule has 0 aliphatic carbocycles. The quantitative estimate of drug-likeness (QED) is 0.799. The van der Waals surface area contributed by atoms with Gasteiger partial charge in [0.15, 0.2) is 0 Å². The van der Waals surface area contributed by atoms with Gasteiger partial charge in [-0.15, -0.1) is 0 Å². The van der Waals surface area contributed by atoms with Gasteiger partial charge in [-0.3, -0.25) is 4.79 Å². The smallest absolute Gasteiger partial charge is 0.231 e. The maximum absolute atomic E-state index is 12.4. The lowest BCUT2D eigenvalue weighted by Crippen LogP contribution is -2.21. The minimum absolute atomic E-state index is 0.0535. The fourth-order valence-corrected chi connectivity index (χ4v) is 2.56. The Kier molecular flexibility index (Phi) is 4.96. The Morgan fingerprint density at radius 1 is 1.11 bits per heavy atom. The minimum Gasteiger partial charge on any atom is -0.325 e. The zero-order valence-electron chi connectivity index (χ0n) is 10.8. The second-order valence-electron chi connectivity index (χ2n) is 4.34. The lowest BCUT2D eigenvalue weighted by atomic mass is 9.95. The van der Waals surface area contributed by atoms with Gasteiger partial charge >= 0.3 is 0 Å². The van der Waals surface area contributed by atoms with Crippen LogP contribution in [0.2, 0.25) is 0 Å². The van der Waals surface area contributed by atoms with Crippen molar-refractivity contribution in [3.63, 3.8) is 0 Å². The molecule has 0 fully saturated rings. The van der Waals surface area contributed by atoms with Crippen molar-refractivity contribution < 1.29 is 4.79 Å². The SMILES string of the molecule is CC[C@H](C(=O)Nc1ccccc1I)c1ccccc1. The molecule has 0 saturated carbocycles. The number of benzene rings is 2. The summed E-state index contributed by atoms with van der Waals surface area (Å²) in [5.74, 6) is -0.0463. The van der Waals surface area contributed by atoms with Gasteiger partial charge in [0.05, 0.1) is 11.6 Å². The van der Waals surface area contributed by atoms with Crippen LogP contribution < -0.4 is 5.32 Å². The van der Waals surface area contributed by atoms with Crippen molar-refractivity contribution in [1.82, 2.24) is 0 Å². The summed E-state index contributed by atoms with van der Waals surface area (Å²) in [5.41, 5.74) is 1.94. The van der Waals surface area contributed by atoms with Crippen molar-refractivity contribution in [1.29, 1.82) is 0 Å². The molecule has 1 N–H and O–H groups in total. The van der Waals surface area contributed by atoms with Crippen LogP contribution in [0.25, 0.3) is 0 Å². The van der Waals surface area contributed by atoms with Crippen LogP contribution in [-0.4, -0.2) is 5.91 Å². The number of rotatable bonds is 4. The molecule has 2 rings (SSSR count). The Balaban J connectivity index is 2.17. The van der Waals surface area contributed by atoms with E-state index in [1.807, 2.05) is 61.5 Å². The second kappa shape index (κ2) is 6.70. The van der Waals surface area contributed by atoms with Crippen LogP contribution in [0.3, 0.4) is 0 Å². The van der Waals surface area contributed by atoms with Gasteiger partial charge in [0.2, 0.25) is 5.91 Å². The Hall–Kier alpha value is -1.36. The molecule has 2 aromatic rings. The summed E-state index contributed by atoms with van der Waals surface area (Å²) >= 11 is 2.23. The molecule has 0 aromatic heterocycles. The molecular weight excluding hydrogens is 349 g/mol. The van der Waals surface area contributed by atoms with Crippen LogP contribution in [-0.2, 0) is 4.79 Å². The van der Waals surface area contributed by atoms with Crippen molar-refractivity contribution in [2.24, 2.45) is 0 Å². The highest BCUT2D eigenvalue weighted by molar-refractivity contribution is 14.1. The summed E-state index contributed by atoms with van der Waals surface area (Å²) < 4.78 is 1.05. The predicted molar refractivity (Wildman–Crippen MR) is 87.3 cm³/mol. The Bertz CT molecular complexity index is 554. The third kappa shape index (κ3) is 3.56. The summed E-state index contributed by atoms with van der Waals surface area (Å²) in [6, 6.07) is 17.7. The maximum atomic E-state index is 12.4. The summed E-state index contributed by atoms with van der Waals surface area (Å²) in [4.78, 5) is 12.4. The van der Waals surface area contributed by atoms with Crippen LogP contribution in [0, 0.1) is 3.57 Å². The topological polar surface area (TPSA) is 29.1 Å². The first-order chi connectivity index (χ1) is 9.22. The molecular formula is C16H16INO. The van der Waals surface area contributed by atoms with Crippen molar-refractivity contribution in [3.05, 3.63) is 63.7 Å². The average Bonchev–Trinajstić information content (AvgIpc) is 2.43. The first-order valence-corrected chi connectivity index (χ1v) is 7.40. The van der Waals surface area contributed by atoms with Gasteiger partial charge in [-0.1, -0.05) is 49.4 Å². The van der Waals surface area contributed by atoms with Crippen molar-refractivity contribution in [2.75, 3.05) is 5.32 Å². The van der Waals surface area contributed by atoms with E-state index in [0.717, 1.165) is 21.2 Å². The van der Waals surface area contributed by atoms with E-state index in [-0.39, 0.29) is 11.8 Å². The van der Waals surface area contributed by atoms with E-state index in [0.29, 0.717) is 0 Å². The number of amides is 1. The third-order valence-corrected chi connectivity index (χ3v) is 4.00. The van der Waals surface area contributed by atoms with Gasteiger partial charge in [-0.2, -0.15) is 0 Å². The fourth-order valence-electron chi connectivity index (χ4n) is 2.04. The van der Waals surface area contributed by atoms with Gasteiger partial charge in [0, 0.05) is 3.57 Å². The van der Waals surface area contributed by atoms with Crippen LogP contribution in [0.1, 0.15) is 24.8 Å². The van der Waals surface area contributed by atoms with Crippen LogP contribution in [0.15, 0.2) is 54.6 Å². The molecule has 0 aliphatic heterocycles. The molecule has 19 heavy (non-hydrogen) atoms. The van der Waals surface area contributed by atoms with Crippen LogP contribution in [0.4, 0.5) is 5.69 Å². The van der Waals surface area contributed by atoms with Gasteiger partial charge in [-0.05, 0) is 46.7 Å². The molecule has 1 atom stereocenters. The molecule has 0 unspecified atom stereocenters. The van der Waals surface area contributed by atoms with E-state index < -0.39 is 0 Å². The summed E-state index contributed by atoms with van der Waals surface area (Å²) in [6.45, 7) is 2.03. The van der Waals surface area contributed by atoms with E-state index in [1.165, 1.54) is 0 Å². The molecule has 0 spiro atoms. The van der Waals surface area contributed by atoms with Crippen molar-refractivity contribution in [2.45, 2.75) is 19.3 Å². The predicted octanol–water partition coefficient (Wildman–Crippen LogP) is 4.42. The zero-order chi connectivity index (χ0) is 13.7. The number of nitrogens with one attached hydrogen (secondary N) is 1. The summed E-state index contributed by atoms with van der Waals surface area (Å²) in [6.07, 6.45) is 0.791. The molecule has 98 valence electrons. The number of anilines is 1. The fraction of sp³-hybridized carbons (Fsp3) is 0.188. The highest BCUT2D eigenvalue weighted by Crippen LogP contribution is 2.23. The van der Waals surface area contributed by atoms with Gasteiger partial charge in [0.25, 0.3) is 0 Å². The first kappa shape index (κ1) is 14.1. The molecule has 0 saturated heterocycles. The van der Waals surface area contributed by atoms with Crippen molar-refractivity contribution >= 4 is 34.2 Å². The number of carbonyl (C=O) groups excluding carboxylic acids is 1. The van der Waals surface area contributed by atoms with Crippen LogP contribution in [0.5, 0.6) is 0 Å². The molecule has 0 heterocycles. The molecule has 0 radical (unpaired) electrons. The maximum Gasteiger partial charge on any atom is 0.231 e. The van der Waals surface area contributed by atoms with Gasteiger partial charge in [0.1, 0.15) is 0 Å². The number of halogens is 1. The van der Waals surface area contributed by atoms with Gasteiger partial charge in [-0.25, -0.2) is 0 Å². The Labute approximate surface area is 127 Å². The number of para-hydroxylation sites is 1. The van der Waals surface area contributed by atoms with Crippen molar-refractivity contribution in [3.8, 4) is 0 Å². The Morgan fingerprint density at radius 2 is 1.74 bits per heavy atom. The number of hydrogen-bond donors (Lipinski definition) is 1. The van der Waals surface area contributed by atoms with E-state index in [4.69, 9.17) is 0 Å². The zero-order valence-corrected chi connectivity index (χ0v) is 12.9. The molecule has 0 aliphatic rings. The average molecular weight is 365 g/mol. The monoisotopic (exact) mass is 365 g/mol. The Morgan fingerprint density at radius 3 is 2.37 bits per heavy atom. The molecule has 2 nitrogen and oxygen atoms in total. The molecule has 3 heteroatoms.